The van der Waals surface area contributed by atoms with Gasteiger partial charge in [-0.2, -0.15) is 0 Å². The summed E-state index contributed by atoms with van der Waals surface area (Å²) in [5.74, 6) is 0.259. The number of carbonyl (C=O) groups excluding carboxylic acids is 2. The average molecular weight is 637 g/mol. The molecule has 0 saturated carbocycles. The van der Waals surface area contributed by atoms with E-state index in [2.05, 4.69) is 48.5 Å². The molecular formula is C39H80N4O2. The van der Waals surface area contributed by atoms with Gasteiger partial charge in [-0.25, -0.2) is 0 Å². The van der Waals surface area contributed by atoms with Crippen molar-refractivity contribution in [1.29, 1.82) is 0 Å². The Kier molecular flexibility index (Phi) is 33.3. The number of likely N-dealkylation sites (N-methyl/N-ethyl adjacent to an activating group) is 1. The van der Waals surface area contributed by atoms with Crippen LogP contribution >= 0.6 is 0 Å². The number of hydrogen-bond donors (Lipinski definition) is 3. The molecule has 0 bridgehead atoms. The van der Waals surface area contributed by atoms with Crippen LogP contribution in [0.4, 0.5) is 0 Å². The van der Waals surface area contributed by atoms with Gasteiger partial charge in [0, 0.05) is 51.1 Å². The van der Waals surface area contributed by atoms with Crippen molar-refractivity contribution in [2.75, 3.05) is 33.2 Å². The van der Waals surface area contributed by atoms with Crippen LogP contribution in [0.3, 0.4) is 0 Å². The van der Waals surface area contributed by atoms with Gasteiger partial charge in [0.2, 0.25) is 11.8 Å². The molecule has 45 heavy (non-hydrogen) atoms. The van der Waals surface area contributed by atoms with Gasteiger partial charge in [0.25, 0.3) is 0 Å². The minimum Gasteiger partial charge on any atom is -0.354 e. The van der Waals surface area contributed by atoms with E-state index >= 15 is 0 Å². The van der Waals surface area contributed by atoms with E-state index in [4.69, 9.17) is 0 Å². The molecule has 0 heterocycles. The Balaban J connectivity index is 3.95. The fraction of sp³-hybridized carbons (Fsp3) is 0.949. The molecule has 6 nitrogen and oxygen atoms in total. The predicted octanol–water partition coefficient (Wildman–Crippen LogP) is 9.70. The van der Waals surface area contributed by atoms with Crippen LogP contribution in [0.5, 0.6) is 0 Å². The van der Waals surface area contributed by atoms with Crippen LogP contribution in [0.15, 0.2) is 0 Å². The lowest BCUT2D eigenvalue weighted by molar-refractivity contribution is -0.122. The van der Waals surface area contributed by atoms with Gasteiger partial charge in [-0.15, -0.1) is 0 Å². The first-order valence-electron chi connectivity index (χ1n) is 19.9. The van der Waals surface area contributed by atoms with Crippen molar-refractivity contribution in [3.63, 3.8) is 0 Å². The number of amides is 2. The number of carbonyl (C=O) groups is 2. The zero-order valence-corrected chi connectivity index (χ0v) is 31.1. The number of rotatable bonds is 35. The van der Waals surface area contributed by atoms with Crippen LogP contribution < -0.4 is 16.0 Å². The van der Waals surface area contributed by atoms with Crippen LogP contribution in [-0.4, -0.2) is 62.0 Å². The summed E-state index contributed by atoms with van der Waals surface area (Å²) in [4.78, 5) is 27.5. The monoisotopic (exact) mass is 637 g/mol. The first-order chi connectivity index (χ1) is 21.9. The van der Waals surface area contributed by atoms with Crippen LogP contribution in [0.25, 0.3) is 0 Å². The van der Waals surface area contributed by atoms with E-state index in [1.165, 1.54) is 141 Å². The van der Waals surface area contributed by atoms with Gasteiger partial charge in [0.05, 0.1) is 0 Å². The van der Waals surface area contributed by atoms with E-state index < -0.39 is 0 Å². The van der Waals surface area contributed by atoms with E-state index in [1.807, 2.05) is 7.05 Å². The van der Waals surface area contributed by atoms with E-state index in [0.717, 1.165) is 25.9 Å². The summed E-state index contributed by atoms with van der Waals surface area (Å²) < 4.78 is 0. The van der Waals surface area contributed by atoms with Gasteiger partial charge in [0.15, 0.2) is 0 Å². The maximum atomic E-state index is 12.6. The molecule has 0 rings (SSSR count). The average Bonchev–Trinajstić information content (AvgIpc) is 3.02. The molecule has 0 aliphatic heterocycles. The Morgan fingerprint density at radius 2 is 0.800 bits per heavy atom. The Morgan fingerprint density at radius 3 is 1.11 bits per heavy atom. The highest BCUT2D eigenvalue weighted by Gasteiger charge is 2.13. The molecule has 0 aliphatic carbocycles. The molecule has 0 aromatic heterocycles. The van der Waals surface area contributed by atoms with Crippen molar-refractivity contribution >= 4 is 11.8 Å². The molecule has 0 radical (unpaired) electrons. The minimum absolute atomic E-state index is 0.130. The SMILES string of the molecule is CCCCCCCCCCCCCC(C)NC(=O)CCN(CCNC)CCC(=O)NC(C)CCCCCCCCCCCCC. The highest BCUT2D eigenvalue weighted by Crippen LogP contribution is 2.14. The van der Waals surface area contributed by atoms with E-state index in [9.17, 15) is 9.59 Å². The molecule has 2 atom stereocenters. The van der Waals surface area contributed by atoms with Crippen LogP contribution in [-0.2, 0) is 9.59 Å². The predicted molar refractivity (Wildman–Crippen MR) is 197 cm³/mol. The van der Waals surface area contributed by atoms with E-state index in [0.29, 0.717) is 25.9 Å². The van der Waals surface area contributed by atoms with Crippen LogP contribution in [0, 0.1) is 0 Å². The lowest BCUT2D eigenvalue weighted by Crippen LogP contribution is -2.40. The first-order valence-corrected chi connectivity index (χ1v) is 19.9. The van der Waals surface area contributed by atoms with Gasteiger partial charge < -0.3 is 20.9 Å². The smallest absolute Gasteiger partial charge is 0.221 e. The zero-order chi connectivity index (χ0) is 33.2. The second-order valence-electron chi connectivity index (χ2n) is 14.0. The first kappa shape index (κ1) is 43.9. The lowest BCUT2D eigenvalue weighted by Gasteiger charge is -2.23. The fourth-order valence-corrected chi connectivity index (χ4v) is 6.19. The molecule has 2 amide bonds. The second-order valence-corrected chi connectivity index (χ2v) is 14.0. The molecule has 0 saturated heterocycles. The molecule has 0 aromatic carbocycles. The highest BCUT2D eigenvalue weighted by molar-refractivity contribution is 5.77. The zero-order valence-electron chi connectivity index (χ0n) is 31.1. The molecular weight excluding hydrogens is 556 g/mol. The number of nitrogens with one attached hydrogen (secondary N) is 3. The molecule has 268 valence electrons. The maximum Gasteiger partial charge on any atom is 0.221 e. The Labute approximate surface area is 281 Å². The summed E-state index contributed by atoms with van der Waals surface area (Å²) in [6.45, 7) is 11.9. The summed E-state index contributed by atoms with van der Waals surface area (Å²) in [5.41, 5.74) is 0. The summed E-state index contributed by atoms with van der Waals surface area (Å²) in [6.07, 6.45) is 32.8. The molecule has 2 unspecified atom stereocenters. The van der Waals surface area contributed by atoms with Crippen molar-refractivity contribution in [2.45, 2.75) is 207 Å². The number of unbranched alkanes of at least 4 members (excludes halogenated alkanes) is 20. The quantitative estimate of drug-likeness (QED) is 0.0606. The third kappa shape index (κ3) is 32.6. The highest BCUT2D eigenvalue weighted by atomic mass is 16.2. The molecule has 3 N–H and O–H groups in total. The third-order valence-electron chi connectivity index (χ3n) is 9.28. The Hall–Kier alpha value is -1.14. The summed E-state index contributed by atoms with van der Waals surface area (Å²) in [5, 5.41) is 9.61. The molecule has 0 fully saturated rings. The molecule has 0 spiro atoms. The largest absolute Gasteiger partial charge is 0.354 e. The van der Waals surface area contributed by atoms with Gasteiger partial charge in [-0.05, 0) is 33.7 Å². The maximum absolute atomic E-state index is 12.6. The number of hydrogen-bond acceptors (Lipinski definition) is 4. The standard InChI is InChI=1S/C39H80N4O2/c1-6-8-10-12-14-16-18-20-22-24-26-28-36(3)41-38(44)30-33-43(35-32-40-5)34-31-39(45)42-37(4)29-27-25-23-21-19-17-15-13-11-9-7-2/h36-37,40H,6-35H2,1-5H3,(H,41,44)(H,42,45). The van der Waals surface area contributed by atoms with Crippen molar-refractivity contribution in [3.05, 3.63) is 0 Å². The van der Waals surface area contributed by atoms with E-state index in [1.54, 1.807) is 0 Å². The Bertz CT molecular complexity index is 595. The topological polar surface area (TPSA) is 73.5 Å². The van der Waals surface area contributed by atoms with Crippen LogP contribution in [0.2, 0.25) is 0 Å². The van der Waals surface area contributed by atoms with Crippen molar-refractivity contribution in [2.24, 2.45) is 0 Å². The van der Waals surface area contributed by atoms with Gasteiger partial charge in [-0.1, -0.05) is 155 Å². The van der Waals surface area contributed by atoms with Crippen LogP contribution in [0.1, 0.15) is 195 Å². The van der Waals surface area contributed by atoms with Crippen molar-refractivity contribution in [1.82, 2.24) is 20.9 Å². The summed E-state index contributed by atoms with van der Waals surface area (Å²) in [7, 11) is 1.95. The van der Waals surface area contributed by atoms with Gasteiger partial charge >= 0.3 is 0 Å². The molecule has 6 heteroatoms. The van der Waals surface area contributed by atoms with Gasteiger partial charge in [0.1, 0.15) is 0 Å². The summed E-state index contributed by atoms with van der Waals surface area (Å²) >= 11 is 0. The second kappa shape index (κ2) is 34.2. The molecule has 0 aromatic rings. The van der Waals surface area contributed by atoms with Crippen molar-refractivity contribution < 1.29 is 9.59 Å². The normalized spacial score (nSPS) is 12.8. The minimum atomic E-state index is 0.130. The van der Waals surface area contributed by atoms with Crippen molar-refractivity contribution in [3.8, 4) is 0 Å². The fourth-order valence-electron chi connectivity index (χ4n) is 6.19. The van der Waals surface area contributed by atoms with E-state index in [-0.39, 0.29) is 23.9 Å². The third-order valence-corrected chi connectivity index (χ3v) is 9.28. The molecule has 0 aliphatic rings. The summed E-state index contributed by atoms with van der Waals surface area (Å²) in [6, 6.07) is 0.462. The lowest BCUT2D eigenvalue weighted by atomic mass is 10.0. The Morgan fingerprint density at radius 1 is 0.489 bits per heavy atom. The van der Waals surface area contributed by atoms with Gasteiger partial charge in [-0.3, -0.25) is 9.59 Å². The number of nitrogens with zero attached hydrogens (tertiary/aromatic N) is 1.